The Balaban J connectivity index is 2.42. The van der Waals surface area contributed by atoms with Crippen molar-refractivity contribution >= 4 is 17.8 Å². The summed E-state index contributed by atoms with van der Waals surface area (Å²) in [5.41, 5.74) is 0.663. The van der Waals surface area contributed by atoms with Gasteiger partial charge < -0.3 is 15.0 Å². The van der Waals surface area contributed by atoms with Gasteiger partial charge in [0.25, 0.3) is 0 Å². The molecule has 0 saturated carbocycles. The first-order valence-corrected chi connectivity index (χ1v) is 5.45. The molecule has 1 aliphatic heterocycles. The van der Waals surface area contributed by atoms with E-state index in [1.807, 2.05) is 0 Å². The van der Waals surface area contributed by atoms with Crippen LogP contribution in [-0.4, -0.2) is 42.9 Å². The minimum Gasteiger partial charge on any atom is -0.465 e. The molecule has 0 aromatic heterocycles. The molecular weight excluding hydrogens is 224 g/mol. The standard InChI is InChI=1S/C11H16N2O4/c1-3-17-11(16)7-12-9(14)6-8-4-5-10(15)13(8)2/h6H,3-5,7H2,1-2H3,(H,12,14)/b8-6+. The summed E-state index contributed by atoms with van der Waals surface area (Å²) in [7, 11) is 1.62. The lowest BCUT2D eigenvalue weighted by Gasteiger charge is -2.10. The van der Waals surface area contributed by atoms with Crippen molar-refractivity contribution in [3.63, 3.8) is 0 Å². The van der Waals surface area contributed by atoms with Gasteiger partial charge in [-0.15, -0.1) is 0 Å². The van der Waals surface area contributed by atoms with Crippen LogP contribution in [0.2, 0.25) is 0 Å². The molecule has 0 aromatic carbocycles. The van der Waals surface area contributed by atoms with Gasteiger partial charge in [0.1, 0.15) is 6.54 Å². The fourth-order valence-electron chi connectivity index (χ4n) is 1.47. The van der Waals surface area contributed by atoms with E-state index in [1.165, 1.54) is 11.0 Å². The van der Waals surface area contributed by atoms with E-state index in [2.05, 4.69) is 10.1 Å². The van der Waals surface area contributed by atoms with Crippen molar-refractivity contribution < 1.29 is 19.1 Å². The normalized spacial score (nSPS) is 17.4. The molecule has 6 heteroatoms. The van der Waals surface area contributed by atoms with E-state index < -0.39 is 11.9 Å². The number of ether oxygens (including phenoxy) is 1. The monoisotopic (exact) mass is 240 g/mol. The molecule has 1 aliphatic rings. The second kappa shape index (κ2) is 6.03. The molecule has 1 N–H and O–H groups in total. The smallest absolute Gasteiger partial charge is 0.325 e. The number of esters is 1. The lowest BCUT2D eigenvalue weighted by molar-refractivity contribution is -0.143. The van der Waals surface area contributed by atoms with Crippen LogP contribution < -0.4 is 5.32 Å². The van der Waals surface area contributed by atoms with Gasteiger partial charge in [-0.25, -0.2) is 0 Å². The summed E-state index contributed by atoms with van der Waals surface area (Å²) in [4.78, 5) is 35.1. The maximum absolute atomic E-state index is 11.4. The SMILES string of the molecule is CCOC(=O)CNC(=O)/C=C1\CCC(=O)N1C. The predicted molar refractivity (Wildman–Crippen MR) is 59.7 cm³/mol. The lowest BCUT2D eigenvalue weighted by Crippen LogP contribution is -2.30. The van der Waals surface area contributed by atoms with Crippen molar-refractivity contribution in [2.45, 2.75) is 19.8 Å². The highest BCUT2D eigenvalue weighted by Crippen LogP contribution is 2.19. The van der Waals surface area contributed by atoms with Crippen LogP contribution in [0, 0.1) is 0 Å². The summed E-state index contributed by atoms with van der Waals surface area (Å²) >= 11 is 0. The Morgan fingerprint density at radius 2 is 2.18 bits per heavy atom. The summed E-state index contributed by atoms with van der Waals surface area (Å²) in [5, 5.41) is 2.40. The largest absolute Gasteiger partial charge is 0.465 e. The number of carbonyl (C=O) groups is 3. The van der Waals surface area contributed by atoms with E-state index in [1.54, 1.807) is 14.0 Å². The first kappa shape index (κ1) is 13.2. The quantitative estimate of drug-likeness (QED) is 0.545. The molecule has 6 nitrogen and oxygen atoms in total. The van der Waals surface area contributed by atoms with E-state index >= 15 is 0 Å². The van der Waals surface area contributed by atoms with Crippen LogP contribution in [0.3, 0.4) is 0 Å². The van der Waals surface area contributed by atoms with Crippen molar-refractivity contribution in [3.8, 4) is 0 Å². The molecule has 1 heterocycles. The summed E-state index contributed by atoms with van der Waals surface area (Å²) in [6.45, 7) is 1.82. The second-order valence-corrected chi connectivity index (χ2v) is 3.61. The molecule has 0 aliphatic carbocycles. The van der Waals surface area contributed by atoms with Crippen molar-refractivity contribution in [1.82, 2.24) is 10.2 Å². The first-order valence-electron chi connectivity index (χ1n) is 5.45. The van der Waals surface area contributed by atoms with Crippen LogP contribution in [0.5, 0.6) is 0 Å². The van der Waals surface area contributed by atoms with Gasteiger partial charge in [-0.3, -0.25) is 14.4 Å². The number of nitrogens with zero attached hydrogens (tertiary/aromatic N) is 1. The number of rotatable bonds is 4. The zero-order valence-corrected chi connectivity index (χ0v) is 9.99. The summed E-state index contributed by atoms with van der Waals surface area (Å²) in [5.74, 6) is -0.876. The number of allylic oxidation sites excluding steroid dienone is 1. The summed E-state index contributed by atoms with van der Waals surface area (Å²) < 4.78 is 4.66. The third-order valence-corrected chi connectivity index (χ3v) is 2.41. The highest BCUT2D eigenvalue weighted by Gasteiger charge is 2.22. The van der Waals surface area contributed by atoms with Crippen LogP contribution in [0.1, 0.15) is 19.8 Å². The number of hydrogen-bond donors (Lipinski definition) is 1. The fourth-order valence-corrected chi connectivity index (χ4v) is 1.47. The average Bonchev–Trinajstić information content (AvgIpc) is 2.59. The van der Waals surface area contributed by atoms with Gasteiger partial charge in [0, 0.05) is 25.2 Å². The third kappa shape index (κ3) is 3.90. The van der Waals surface area contributed by atoms with Crippen molar-refractivity contribution in [1.29, 1.82) is 0 Å². The van der Waals surface area contributed by atoms with Crippen LogP contribution in [0.15, 0.2) is 11.8 Å². The maximum Gasteiger partial charge on any atom is 0.325 e. The molecule has 17 heavy (non-hydrogen) atoms. The zero-order chi connectivity index (χ0) is 12.8. The molecule has 0 bridgehead atoms. The number of likely N-dealkylation sites (tertiary alicyclic amines) is 1. The number of amides is 2. The van der Waals surface area contributed by atoms with E-state index in [0.29, 0.717) is 18.5 Å². The van der Waals surface area contributed by atoms with Crippen molar-refractivity contribution in [2.75, 3.05) is 20.2 Å². The molecule has 1 fully saturated rings. The van der Waals surface area contributed by atoms with Gasteiger partial charge in [-0.1, -0.05) is 0 Å². The van der Waals surface area contributed by atoms with Crippen molar-refractivity contribution in [3.05, 3.63) is 11.8 Å². The van der Waals surface area contributed by atoms with E-state index in [0.717, 1.165) is 0 Å². The fraction of sp³-hybridized carbons (Fsp3) is 0.545. The molecule has 94 valence electrons. The Hall–Kier alpha value is -1.85. The Bertz CT molecular complexity index is 362. The molecule has 0 spiro atoms. The molecule has 1 saturated heterocycles. The highest BCUT2D eigenvalue weighted by molar-refractivity contribution is 5.92. The van der Waals surface area contributed by atoms with Crippen LogP contribution >= 0.6 is 0 Å². The average molecular weight is 240 g/mol. The summed E-state index contributed by atoms with van der Waals surface area (Å²) in [6.07, 6.45) is 2.32. The number of hydrogen-bond acceptors (Lipinski definition) is 4. The van der Waals surface area contributed by atoms with Gasteiger partial charge >= 0.3 is 5.97 Å². The topological polar surface area (TPSA) is 75.7 Å². The Morgan fingerprint density at radius 1 is 1.47 bits per heavy atom. The minimum absolute atomic E-state index is 0.00515. The maximum atomic E-state index is 11.4. The number of nitrogens with one attached hydrogen (secondary N) is 1. The molecule has 0 unspecified atom stereocenters. The molecule has 0 aromatic rings. The predicted octanol–water partition coefficient (Wildman–Crippen LogP) is -0.198. The van der Waals surface area contributed by atoms with Gasteiger partial charge in [-0.2, -0.15) is 0 Å². The molecule has 1 rings (SSSR count). The first-order chi connectivity index (χ1) is 8.04. The van der Waals surface area contributed by atoms with E-state index in [9.17, 15) is 14.4 Å². The Labute approximate surface area is 99.6 Å². The van der Waals surface area contributed by atoms with Crippen LogP contribution in [-0.2, 0) is 19.1 Å². The molecule has 2 amide bonds. The van der Waals surface area contributed by atoms with Crippen LogP contribution in [0.4, 0.5) is 0 Å². The second-order valence-electron chi connectivity index (χ2n) is 3.61. The lowest BCUT2D eigenvalue weighted by atomic mass is 10.3. The van der Waals surface area contributed by atoms with Crippen molar-refractivity contribution in [2.24, 2.45) is 0 Å². The highest BCUT2D eigenvalue weighted by atomic mass is 16.5. The molecule has 0 radical (unpaired) electrons. The van der Waals surface area contributed by atoms with E-state index in [-0.39, 0.29) is 19.1 Å². The van der Waals surface area contributed by atoms with Gasteiger partial charge in [0.05, 0.1) is 6.61 Å². The molecule has 0 atom stereocenters. The Kier molecular flexibility index (Phi) is 4.68. The number of carbonyl (C=O) groups excluding carboxylic acids is 3. The Morgan fingerprint density at radius 3 is 2.71 bits per heavy atom. The molecular formula is C11H16N2O4. The van der Waals surface area contributed by atoms with E-state index in [4.69, 9.17) is 0 Å². The summed E-state index contributed by atoms with van der Waals surface area (Å²) in [6, 6.07) is 0. The minimum atomic E-state index is -0.477. The van der Waals surface area contributed by atoms with Gasteiger partial charge in [-0.05, 0) is 13.3 Å². The van der Waals surface area contributed by atoms with Gasteiger partial charge in [0.15, 0.2) is 0 Å². The van der Waals surface area contributed by atoms with Gasteiger partial charge in [0.2, 0.25) is 11.8 Å². The van der Waals surface area contributed by atoms with Crippen LogP contribution in [0.25, 0.3) is 0 Å². The zero-order valence-electron chi connectivity index (χ0n) is 9.99. The third-order valence-electron chi connectivity index (χ3n) is 2.41.